The Balaban J connectivity index is 1.79. The van der Waals surface area contributed by atoms with Crippen LogP contribution in [0.3, 0.4) is 0 Å². The molecule has 0 radical (unpaired) electrons. The summed E-state index contributed by atoms with van der Waals surface area (Å²) in [6.07, 6.45) is 1.05. The Morgan fingerprint density at radius 3 is 2.26 bits per heavy atom. The van der Waals surface area contributed by atoms with E-state index in [0.29, 0.717) is 6.54 Å². The molecule has 0 spiro atoms. The summed E-state index contributed by atoms with van der Waals surface area (Å²) < 4.78 is 23.6. The molecule has 0 aliphatic carbocycles. The van der Waals surface area contributed by atoms with Gasteiger partial charge in [0.25, 0.3) is 11.8 Å². The number of hydrogen-bond donors (Lipinski definition) is 2. The third kappa shape index (κ3) is 5.71. The molecular formula is C23H21ClN2O4S. The monoisotopic (exact) mass is 456 g/mol. The number of amides is 2. The molecule has 31 heavy (non-hydrogen) atoms. The van der Waals surface area contributed by atoms with Crippen molar-refractivity contribution >= 4 is 38.9 Å². The summed E-state index contributed by atoms with van der Waals surface area (Å²) in [6.45, 7) is 2.32. The molecule has 2 N–H and O–H groups in total. The van der Waals surface area contributed by atoms with Gasteiger partial charge in [-0.1, -0.05) is 53.6 Å². The number of rotatable bonds is 6. The lowest BCUT2D eigenvalue weighted by atomic mass is 10.1. The largest absolute Gasteiger partial charge is 0.348 e. The number of aryl methyl sites for hydroxylation is 1. The van der Waals surface area contributed by atoms with Crippen LogP contribution in [0.15, 0.2) is 71.6 Å². The first kappa shape index (κ1) is 22.5. The van der Waals surface area contributed by atoms with Crippen molar-refractivity contribution in [2.75, 3.05) is 11.6 Å². The zero-order valence-corrected chi connectivity index (χ0v) is 18.5. The molecule has 3 aromatic rings. The van der Waals surface area contributed by atoms with Crippen molar-refractivity contribution in [3.8, 4) is 0 Å². The summed E-state index contributed by atoms with van der Waals surface area (Å²) in [5.74, 6) is -0.971. The molecule has 0 saturated carbocycles. The normalized spacial score (nSPS) is 11.1. The molecule has 160 valence electrons. The lowest BCUT2D eigenvalue weighted by Crippen LogP contribution is -2.25. The second kappa shape index (κ2) is 9.32. The van der Waals surface area contributed by atoms with Crippen LogP contribution in [0.1, 0.15) is 31.8 Å². The quantitative estimate of drug-likeness (QED) is 0.580. The minimum absolute atomic E-state index is 0.000502. The van der Waals surface area contributed by atoms with Gasteiger partial charge in [0.15, 0.2) is 9.84 Å². The van der Waals surface area contributed by atoms with Gasteiger partial charge < -0.3 is 10.6 Å². The van der Waals surface area contributed by atoms with Gasteiger partial charge in [0.1, 0.15) is 0 Å². The Bertz CT molecular complexity index is 1240. The summed E-state index contributed by atoms with van der Waals surface area (Å²) >= 11 is 6.10. The SMILES string of the molecule is Cc1ccc(CNC(=O)c2ccccc2NC(=O)c2cc(S(C)(=O)=O)ccc2Cl)cc1. The van der Waals surface area contributed by atoms with Crippen LogP contribution in [-0.4, -0.2) is 26.5 Å². The lowest BCUT2D eigenvalue weighted by Gasteiger charge is -2.13. The van der Waals surface area contributed by atoms with Crippen molar-refractivity contribution in [2.45, 2.75) is 18.4 Å². The fourth-order valence-corrected chi connectivity index (χ4v) is 3.72. The van der Waals surface area contributed by atoms with Crippen molar-refractivity contribution in [2.24, 2.45) is 0 Å². The van der Waals surface area contributed by atoms with Gasteiger partial charge in [0, 0.05) is 12.8 Å². The minimum Gasteiger partial charge on any atom is -0.348 e. The number of halogens is 1. The zero-order valence-electron chi connectivity index (χ0n) is 17.0. The molecule has 0 atom stereocenters. The first-order valence-corrected chi connectivity index (χ1v) is 11.7. The molecule has 0 saturated heterocycles. The van der Waals surface area contributed by atoms with Crippen molar-refractivity contribution in [3.05, 3.63) is 94.0 Å². The molecule has 0 fully saturated rings. The van der Waals surface area contributed by atoms with Crippen molar-refractivity contribution in [3.63, 3.8) is 0 Å². The van der Waals surface area contributed by atoms with Crippen LogP contribution >= 0.6 is 11.6 Å². The Labute approximate surface area is 186 Å². The maximum atomic E-state index is 12.8. The number of carbonyl (C=O) groups excluding carboxylic acids is 2. The summed E-state index contributed by atoms with van der Waals surface area (Å²) in [6, 6.07) is 18.2. The highest BCUT2D eigenvalue weighted by atomic mass is 35.5. The maximum absolute atomic E-state index is 12.8. The van der Waals surface area contributed by atoms with Gasteiger partial charge in [0.05, 0.1) is 26.7 Å². The van der Waals surface area contributed by atoms with E-state index in [2.05, 4.69) is 10.6 Å². The molecule has 0 bridgehead atoms. The van der Waals surface area contributed by atoms with E-state index >= 15 is 0 Å². The Morgan fingerprint density at radius 1 is 0.903 bits per heavy atom. The van der Waals surface area contributed by atoms with Gasteiger partial charge in [-0.05, 0) is 42.8 Å². The molecule has 0 aliphatic heterocycles. The Kier molecular flexibility index (Phi) is 6.77. The van der Waals surface area contributed by atoms with Crippen LogP contribution < -0.4 is 10.6 Å². The first-order valence-electron chi connectivity index (χ1n) is 9.39. The van der Waals surface area contributed by atoms with Gasteiger partial charge in [0.2, 0.25) is 0 Å². The van der Waals surface area contributed by atoms with Crippen molar-refractivity contribution < 1.29 is 18.0 Å². The summed E-state index contributed by atoms with van der Waals surface area (Å²) in [4.78, 5) is 25.5. The third-order valence-electron chi connectivity index (χ3n) is 4.60. The van der Waals surface area contributed by atoms with Gasteiger partial charge in [-0.2, -0.15) is 0 Å². The standard InChI is InChI=1S/C23H21ClN2O4S/c1-15-7-9-16(10-8-15)14-25-22(27)18-5-3-4-6-21(18)26-23(28)19-13-17(31(2,29)30)11-12-20(19)24/h3-13H,14H2,1-2H3,(H,25,27)(H,26,28). The zero-order chi connectivity index (χ0) is 22.6. The molecule has 0 aromatic heterocycles. The van der Waals surface area contributed by atoms with Gasteiger partial charge >= 0.3 is 0 Å². The van der Waals surface area contributed by atoms with Crippen molar-refractivity contribution in [1.82, 2.24) is 5.32 Å². The lowest BCUT2D eigenvalue weighted by molar-refractivity contribution is 0.0951. The predicted octanol–water partition coefficient (Wildman–Crippen LogP) is 4.23. The molecule has 3 aromatic carbocycles. The molecule has 0 aliphatic rings. The fraction of sp³-hybridized carbons (Fsp3) is 0.130. The average Bonchev–Trinajstić information content (AvgIpc) is 2.73. The van der Waals surface area contributed by atoms with Gasteiger partial charge in [-0.15, -0.1) is 0 Å². The Hall–Kier alpha value is -3.16. The van der Waals surface area contributed by atoms with Gasteiger partial charge in [-0.3, -0.25) is 9.59 Å². The maximum Gasteiger partial charge on any atom is 0.257 e. The molecule has 3 rings (SSSR count). The number of para-hydroxylation sites is 1. The molecule has 2 amide bonds. The van der Waals surface area contributed by atoms with E-state index in [1.807, 2.05) is 31.2 Å². The van der Waals surface area contributed by atoms with E-state index in [1.54, 1.807) is 24.3 Å². The number of carbonyl (C=O) groups is 2. The van der Waals surface area contributed by atoms with Crippen LogP contribution in [0.4, 0.5) is 5.69 Å². The first-order chi connectivity index (χ1) is 14.6. The van der Waals surface area contributed by atoms with Crippen LogP contribution in [0.5, 0.6) is 0 Å². The smallest absolute Gasteiger partial charge is 0.257 e. The van der Waals surface area contributed by atoms with Crippen molar-refractivity contribution in [1.29, 1.82) is 0 Å². The number of nitrogens with one attached hydrogen (secondary N) is 2. The molecule has 6 nitrogen and oxygen atoms in total. The van der Waals surface area contributed by atoms with Crippen LogP contribution in [0.2, 0.25) is 5.02 Å². The number of hydrogen-bond acceptors (Lipinski definition) is 4. The molecule has 0 heterocycles. The number of anilines is 1. The van der Waals surface area contributed by atoms with Crippen LogP contribution in [-0.2, 0) is 16.4 Å². The highest BCUT2D eigenvalue weighted by Gasteiger charge is 2.18. The summed E-state index contributed by atoms with van der Waals surface area (Å²) in [5.41, 5.74) is 2.64. The molecular weight excluding hydrogens is 436 g/mol. The third-order valence-corrected chi connectivity index (χ3v) is 6.04. The molecule has 0 unspecified atom stereocenters. The Morgan fingerprint density at radius 2 is 1.58 bits per heavy atom. The van der Waals surface area contributed by atoms with Gasteiger partial charge in [-0.25, -0.2) is 8.42 Å². The summed E-state index contributed by atoms with van der Waals surface area (Å²) in [5, 5.41) is 5.59. The van der Waals surface area contributed by atoms with E-state index in [9.17, 15) is 18.0 Å². The highest BCUT2D eigenvalue weighted by molar-refractivity contribution is 7.90. The predicted molar refractivity (Wildman–Crippen MR) is 121 cm³/mol. The van der Waals surface area contributed by atoms with E-state index in [4.69, 9.17) is 11.6 Å². The minimum atomic E-state index is -3.51. The van der Waals surface area contributed by atoms with E-state index in [-0.39, 0.29) is 32.6 Å². The van der Waals surface area contributed by atoms with E-state index in [0.717, 1.165) is 17.4 Å². The van der Waals surface area contributed by atoms with E-state index < -0.39 is 15.7 Å². The highest BCUT2D eigenvalue weighted by Crippen LogP contribution is 2.23. The second-order valence-corrected chi connectivity index (χ2v) is 9.50. The second-order valence-electron chi connectivity index (χ2n) is 7.08. The van der Waals surface area contributed by atoms with E-state index in [1.165, 1.54) is 18.2 Å². The number of sulfone groups is 1. The average molecular weight is 457 g/mol. The summed E-state index contributed by atoms with van der Waals surface area (Å²) in [7, 11) is -3.51. The topological polar surface area (TPSA) is 92.3 Å². The van der Waals surface area contributed by atoms with Crippen LogP contribution in [0, 0.1) is 6.92 Å². The fourth-order valence-electron chi connectivity index (χ4n) is 2.87. The molecule has 8 heteroatoms. The number of benzene rings is 3. The van der Waals surface area contributed by atoms with Crippen LogP contribution in [0.25, 0.3) is 0 Å².